The molecular formula is C13H16O6. The van der Waals surface area contributed by atoms with Gasteiger partial charge in [0, 0.05) is 6.08 Å². The van der Waals surface area contributed by atoms with Crippen LogP contribution in [0.3, 0.4) is 0 Å². The van der Waals surface area contributed by atoms with Crippen LogP contribution in [0.1, 0.15) is 5.56 Å². The molecule has 0 aliphatic carbocycles. The average Bonchev–Trinajstić information content (AvgIpc) is 2.43. The van der Waals surface area contributed by atoms with E-state index in [0.717, 1.165) is 0 Å². The molecule has 1 unspecified atom stereocenters. The highest BCUT2D eigenvalue weighted by Crippen LogP contribution is 2.26. The van der Waals surface area contributed by atoms with Crippen LogP contribution in [0.5, 0.6) is 11.5 Å². The van der Waals surface area contributed by atoms with E-state index >= 15 is 0 Å². The van der Waals surface area contributed by atoms with E-state index in [-0.39, 0.29) is 12.4 Å². The minimum absolute atomic E-state index is 0.00768. The third-order valence-corrected chi connectivity index (χ3v) is 2.24. The van der Waals surface area contributed by atoms with Gasteiger partial charge in [-0.3, -0.25) is 0 Å². The zero-order chi connectivity index (χ0) is 14.3. The number of hydrogen-bond donors (Lipinski definition) is 3. The highest BCUT2D eigenvalue weighted by molar-refractivity contribution is 5.87. The predicted molar refractivity (Wildman–Crippen MR) is 67.7 cm³/mol. The lowest BCUT2D eigenvalue weighted by Crippen LogP contribution is -2.21. The van der Waals surface area contributed by atoms with E-state index in [2.05, 4.69) is 4.74 Å². The van der Waals surface area contributed by atoms with E-state index in [1.807, 2.05) is 0 Å². The Morgan fingerprint density at radius 3 is 2.84 bits per heavy atom. The molecule has 0 aliphatic rings. The second-order valence-electron chi connectivity index (χ2n) is 3.73. The fraction of sp³-hybridized carbons (Fsp3) is 0.308. The smallest absolute Gasteiger partial charge is 0.330 e. The van der Waals surface area contributed by atoms with Gasteiger partial charge in [-0.05, 0) is 23.8 Å². The summed E-state index contributed by atoms with van der Waals surface area (Å²) in [5.74, 6) is -0.334. The van der Waals surface area contributed by atoms with Crippen molar-refractivity contribution in [1.82, 2.24) is 0 Å². The second-order valence-corrected chi connectivity index (χ2v) is 3.73. The van der Waals surface area contributed by atoms with Crippen LogP contribution in [0, 0.1) is 0 Å². The van der Waals surface area contributed by atoms with Gasteiger partial charge in [0.1, 0.15) is 12.7 Å². The number of benzene rings is 1. The maximum atomic E-state index is 11.3. The molecule has 1 atom stereocenters. The molecule has 104 valence electrons. The largest absolute Gasteiger partial charge is 0.504 e. The average molecular weight is 268 g/mol. The second kappa shape index (κ2) is 7.40. The van der Waals surface area contributed by atoms with E-state index in [0.29, 0.717) is 11.3 Å². The number of phenols is 1. The Bertz CT molecular complexity index is 454. The third kappa shape index (κ3) is 4.99. The molecule has 1 aromatic carbocycles. The summed E-state index contributed by atoms with van der Waals surface area (Å²) >= 11 is 0. The topological polar surface area (TPSA) is 96.2 Å². The Labute approximate surface area is 110 Å². The van der Waals surface area contributed by atoms with Crippen molar-refractivity contribution in [2.45, 2.75) is 6.10 Å². The van der Waals surface area contributed by atoms with Gasteiger partial charge in [0.2, 0.25) is 0 Å². The van der Waals surface area contributed by atoms with E-state index < -0.39 is 18.7 Å². The summed E-state index contributed by atoms with van der Waals surface area (Å²) in [6.45, 7) is -0.731. The van der Waals surface area contributed by atoms with E-state index in [4.69, 9.17) is 14.9 Å². The lowest BCUT2D eigenvalue weighted by atomic mass is 10.2. The number of methoxy groups -OCH3 is 1. The molecule has 19 heavy (non-hydrogen) atoms. The molecule has 0 amide bonds. The maximum Gasteiger partial charge on any atom is 0.330 e. The highest BCUT2D eigenvalue weighted by atomic mass is 16.5. The van der Waals surface area contributed by atoms with Crippen LogP contribution in [-0.2, 0) is 9.53 Å². The zero-order valence-electron chi connectivity index (χ0n) is 10.4. The summed E-state index contributed by atoms with van der Waals surface area (Å²) in [5, 5.41) is 26.9. The van der Waals surface area contributed by atoms with Crippen LogP contribution in [0.15, 0.2) is 24.3 Å². The molecular weight excluding hydrogens is 252 g/mol. The SMILES string of the molecule is COc1cc(/C=C\C(=O)OCC(O)CO)ccc1O. The first-order valence-electron chi connectivity index (χ1n) is 5.57. The molecule has 6 nitrogen and oxygen atoms in total. The van der Waals surface area contributed by atoms with Gasteiger partial charge in [0.05, 0.1) is 13.7 Å². The Morgan fingerprint density at radius 2 is 2.21 bits per heavy atom. The summed E-state index contributed by atoms with van der Waals surface area (Å²) in [4.78, 5) is 11.3. The summed E-state index contributed by atoms with van der Waals surface area (Å²) in [5.41, 5.74) is 0.648. The highest BCUT2D eigenvalue weighted by Gasteiger charge is 2.05. The molecule has 0 bridgehead atoms. The van der Waals surface area contributed by atoms with Crippen LogP contribution in [0.25, 0.3) is 6.08 Å². The molecule has 6 heteroatoms. The number of esters is 1. The minimum Gasteiger partial charge on any atom is -0.504 e. The molecule has 3 N–H and O–H groups in total. The molecule has 1 aromatic rings. The molecule has 0 saturated heterocycles. The van der Waals surface area contributed by atoms with Crippen LogP contribution >= 0.6 is 0 Å². The summed E-state index contributed by atoms with van der Waals surface area (Å²) < 4.78 is 9.61. The molecule has 0 saturated carbocycles. The zero-order valence-corrected chi connectivity index (χ0v) is 10.4. The summed E-state index contributed by atoms with van der Waals surface area (Å²) in [6, 6.07) is 4.60. The minimum atomic E-state index is -1.08. The molecule has 0 aliphatic heterocycles. The third-order valence-electron chi connectivity index (χ3n) is 2.24. The quantitative estimate of drug-likeness (QED) is 0.507. The summed E-state index contributed by atoms with van der Waals surface area (Å²) in [7, 11) is 1.42. The first-order chi connectivity index (χ1) is 9.06. The van der Waals surface area contributed by atoms with Crippen LogP contribution in [-0.4, -0.2) is 47.7 Å². The Hall–Kier alpha value is -2.05. The lowest BCUT2D eigenvalue weighted by Gasteiger charge is -2.06. The number of aliphatic hydroxyl groups excluding tert-OH is 2. The van der Waals surface area contributed by atoms with E-state index in [1.54, 1.807) is 12.1 Å². The van der Waals surface area contributed by atoms with Crippen molar-refractivity contribution in [3.8, 4) is 11.5 Å². The number of ether oxygens (including phenoxy) is 2. The fourth-order valence-corrected chi connectivity index (χ4v) is 1.24. The van der Waals surface area contributed by atoms with Crippen molar-refractivity contribution in [2.24, 2.45) is 0 Å². The fourth-order valence-electron chi connectivity index (χ4n) is 1.24. The first kappa shape index (κ1) is 15.0. The van der Waals surface area contributed by atoms with Gasteiger partial charge < -0.3 is 24.8 Å². The molecule has 0 aromatic heterocycles. The Kier molecular flexibility index (Phi) is 5.84. The number of aliphatic hydroxyl groups is 2. The van der Waals surface area contributed by atoms with Gasteiger partial charge in [-0.25, -0.2) is 4.79 Å². The van der Waals surface area contributed by atoms with Gasteiger partial charge in [0.25, 0.3) is 0 Å². The number of carbonyl (C=O) groups is 1. The molecule has 0 fully saturated rings. The molecule has 0 spiro atoms. The Morgan fingerprint density at radius 1 is 1.47 bits per heavy atom. The first-order valence-corrected chi connectivity index (χ1v) is 5.57. The molecule has 0 radical (unpaired) electrons. The van der Waals surface area contributed by atoms with Crippen LogP contribution in [0.2, 0.25) is 0 Å². The van der Waals surface area contributed by atoms with Gasteiger partial charge in [-0.15, -0.1) is 0 Å². The van der Waals surface area contributed by atoms with Gasteiger partial charge in [0.15, 0.2) is 11.5 Å². The number of rotatable bonds is 6. The normalized spacial score (nSPS) is 12.4. The van der Waals surface area contributed by atoms with Gasteiger partial charge in [-0.2, -0.15) is 0 Å². The van der Waals surface area contributed by atoms with Crippen LogP contribution < -0.4 is 4.74 Å². The predicted octanol–water partition coefficient (Wildman–Crippen LogP) is 0.310. The van der Waals surface area contributed by atoms with Crippen molar-refractivity contribution in [3.05, 3.63) is 29.8 Å². The number of phenolic OH excluding ortho intramolecular Hbond substituents is 1. The van der Waals surface area contributed by atoms with Crippen molar-refractivity contribution in [3.63, 3.8) is 0 Å². The maximum absolute atomic E-state index is 11.3. The van der Waals surface area contributed by atoms with Crippen molar-refractivity contribution in [1.29, 1.82) is 0 Å². The number of aromatic hydroxyl groups is 1. The van der Waals surface area contributed by atoms with E-state index in [9.17, 15) is 9.90 Å². The standard InChI is InChI=1S/C13H16O6/c1-18-12-6-9(2-4-11(12)16)3-5-13(17)19-8-10(15)7-14/h2-6,10,14-16H,7-8H2,1H3/b5-3-. The van der Waals surface area contributed by atoms with Gasteiger partial charge in [-0.1, -0.05) is 6.07 Å². The van der Waals surface area contributed by atoms with Crippen molar-refractivity contribution in [2.75, 3.05) is 20.3 Å². The van der Waals surface area contributed by atoms with Crippen molar-refractivity contribution >= 4 is 12.0 Å². The van der Waals surface area contributed by atoms with Crippen LogP contribution in [0.4, 0.5) is 0 Å². The van der Waals surface area contributed by atoms with Crippen molar-refractivity contribution < 1.29 is 29.6 Å². The molecule has 0 heterocycles. The monoisotopic (exact) mass is 268 g/mol. The molecule has 1 rings (SSSR count). The van der Waals surface area contributed by atoms with Gasteiger partial charge >= 0.3 is 5.97 Å². The number of hydrogen-bond acceptors (Lipinski definition) is 6. The van der Waals surface area contributed by atoms with E-state index in [1.165, 1.54) is 25.3 Å². The number of carbonyl (C=O) groups excluding carboxylic acids is 1. The Balaban J connectivity index is 2.58. The lowest BCUT2D eigenvalue weighted by molar-refractivity contribution is -0.141. The summed E-state index contributed by atoms with van der Waals surface area (Å²) in [6.07, 6.45) is 1.58.